The average molecular weight is 533 g/mol. The van der Waals surface area contributed by atoms with Crippen molar-refractivity contribution in [1.82, 2.24) is 0 Å². The van der Waals surface area contributed by atoms with E-state index in [2.05, 4.69) is 90.3 Å². The molecular weight excluding hydrogens is 518 g/mol. The molecule has 0 spiro atoms. The van der Waals surface area contributed by atoms with Crippen molar-refractivity contribution in [3.63, 3.8) is 0 Å². The highest BCUT2D eigenvalue weighted by atomic mass is 32.2. The zero-order valence-electron chi connectivity index (χ0n) is 16.1. The van der Waals surface area contributed by atoms with Crippen LogP contribution >= 0.6 is 34.4 Å². The van der Waals surface area contributed by atoms with Crippen molar-refractivity contribution in [1.29, 1.82) is 0 Å². The summed E-state index contributed by atoms with van der Waals surface area (Å²) in [4.78, 5) is 2.75. The maximum Gasteiger partial charge on any atom is 0.485 e. The minimum absolute atomic E-state index is 0.0336. The second-order valence-corrected chi connectivity index (χ2v) is 13.2. The minimum Gasteiger partial charge on any atom is -0.741 e. The van der Waals surface area contributed by atoms with E-state index in [0.29, 0.717) is 0 Å². The Balaban J connectivity index is 0.000000312. The Bertz CT molecular complexity index is 1170. The van der Waals surface area contributed by atoms with Crippen LogP contribution in [-0.2, 0) is 21.0 Å². The second-order valence-electron chi connectivity index (χ2n) is 5.94. The minimum atomic E-state index is -6.09. The summed E-state index contributed by atoms with van der Waals surface area (Å²) in [5.41, 5.74) is -5.65. The Labute approximate surface area is 199 Å². The van der Waals surface area contributed by atoms with Gasteiger partial charge in [0.2, 0.25) is 4.21 Å². The molecule has 0 amide bonds. The fraction of sp³-hybridized carbons (Fsp3) is 0.0476. The molecule has 168 valence electrons. The van der Waals surface area contributed by atoms with E-state index < -0.39 is 15.6 Å². The van der Waals surface area contributed by atoms with E-state index in [1.807, 2.05) is 23.1 Å². The summed E-state index contributed by atoms with van der Waals surface area (Å²) in [6.45, 7) is 0. The van der Waals surface area contributed by atoms with Crippen molar-refractivity contribution in [3.05, 3.63) is 90.3 Å². The molecule has 0 radical (unpaired) electrons. The summed E-state index contributed by atoms with van der Waals surface area (Å²) in [6.07, 6.45) is 0. The number of halogens is 3. The van der Waals surface area contributed by atoms with Gasteiger partial charge in [-0.3, -0.25) is 0 Å². The van der Waals surface area contributed by atoms with Crippen LogP contribution in [0.4, 0.5) is 13.2 Å². The molecule has 2 aromatic heterocycles. The maximum atomic E-state index is 10.7. The topological polar surface area (TPSA) is 57.2 Å². The van der Waals surface area contributed by atoms with E-state index in [-0.39, 0.29) is 10.9 Å². The SMILES string of the molecule is O=S(=O)([O-])C(F)(F)F.c1ccc([S+](c2ccccc2)c2ccc(Sc3cccs3)s2)cc1. The normalized spacial score (nSPS) is 11.8. The summed E-state index contributed by atoms with van der Waals surface area (Å²) in [6, 6.07) is 30.5. The van der Waals surface area contributed by atoms with Crippen LogP contribution in [0, 0.1) is 0 Å². The van der Waals surface area contributed by atoms with Gasteiger partial charge < -0.3 is 4.55 Å². The predicted molar refractivity (Wildman–Crippen MR) is 124 cm³/mol. The fourth-order valence-corrected chi connectivity index (χ4v) is 8.40. The van der Waals surface area contributed by atoms with E-state index in [4.69, 9.17) is 13.0 Å². The van der Waals surface area contributed by atoms with Crippen LogP contribution in [0.3, 0.4) is 0 Å². The lowest BCUT2D eigenvalue weighted by atomic mass is 10.4. The fourth-order valence-electron chi connectivity index (χ4n) is 2.37. The molecule has 4 rings (SSSR count). The van der Waals surface area contributed by atoms with E-state index in [1.165, 1.54) is 22.4 Å². The second kappa shape index (κ2) is 10.9. The molecule has 0 fully saturated rings. The van der Waals surface area contributed by atoms with Gasteiger partial charge in [0, 0.05) is 6.07 Å². The van der Waals surface area contributed by atoms with Crippen LogP contribution in [0.25, 0.3) is 0 Å². The zero-order valence-corrected chi connectivity index (χ0v) is 20.1. The molecule has 0 saturated carbocycles. The Morgan fingerprint density at radius 3 is 1.75 bits per heavy atom. The lowest BCUT2D eigenvalue weighted by Crippen LogP contribution is -2.21. The van der Waals surface area contributed by atoms with Gasteiger partial charge in [0.05, 0.1) is 8.42 Å². The smallest absolute Gasteiger partial charge is 0.485 e. The first-order valence-corrected chi connectivity index (χ1v) is 14.0. The van der Waals surface area contributed by atoms with E-state index in [1.54, 1.807) is 11.3 Å². The third kappa shape index (κ3) is 6.87. The molecule has 0 aliphatic carbocycles. The molecule has 0 aliphatic rings. The monoisotopic (exact) mass is 532 g/mol. The van der Waals surface area contributed by atoms with Crippen molar-refractivity contribution in [2.75, 3.05) is 0 Å². The Kier molecular flexibility index (Phi) is 8.48. The van der Waals surface area contributed by atoms with Crippen LogP contribution in [0.5, 0.6) is 0 Å². The number of hydrogen-bond acceptors (Lipinski definition) is 6. The van der Waals surface area contributed by atoms with Gasteiger partial charge in [-0.1, -0.05) is 65.6 Å². The highest BCUT2D eigenvalue weighted by molar-refractivity contribution is 8.03. The Morgan fingerprint density at radius 1 is 0.781 bits per heavy atom. The largest absolute Gasteiger partial charge is 0.741 e. The molecular formula is C21H15F3O3S5. The van der Waals surface area contributed by atoms with Crippen molar-refractivity contribution in [2.24, 2.45) is 0 Å². The first kappa shape index (κ1) is 24.9. The van der Waals surface area contributed by atoms with E-state index >= 15 is 0 Å². The summed E-state index contributed by atoms with van der Waals surface area (Å²) in [5, 5.41) is 2.13. The zero-order chi connectivity index (χ0) is 23.2. The third-order valence-electron chi connectivity index (χ3n) is 3.70. The molecule has 3 nitrogen and oxygen atoms in total. The predicted octanol–water partition coefficient (Wildman–Crippen LogP) is 7.11. The first-order chi connectivity index (χ1) is 15.1. The van der Waals surface area contributed by atoms with Crippen molar-refractivity contribution < 1.29 is 26.1 Å². The van der Waals surface area contributed by atoms with Gasteiger partial charge in [-0.15, -0.1) is 11.3 Å². The van der Waals surface area contributed by atoms with Gasteiger partial charge in [0.25, 0.3) is 0 Å². The summed E-state index contributed by atoms with van der Waals surface area (Å²) < 4.78 is 63.0. The van der Waals surface area contributed by atoms with Gasteiger partial charge in [-0.05, 0) is 41.8 Å². The lowest BCUT2D eigenvalue weighted by Gasteiger charge is -2.08. The lowest BCUT2D eigenvalue weighted by molar-refractivity contribution is -0.0517. The number of benzene rings is 2. The quantitative estimate of drug-likeness (QED) is 0.156. The third-order valence-corrected chi connectivity index (χ3v) is 10.1. The van der Waals surface area contributed by atoms with Crippen LogP contribution in [0.1, 0.15) is 0 Å². The molecule has 0 N–H and O–H groups in total. The molecule has 0 aliphatic heterocycles. The number of thiophene rings is 2. The number of alkyl halides is 3. The van der Waals surface area contributed by atoms with E-state index in [9.17, 15) is 13.2 Å². The van der Waals surface area contributed by atoms with Crippen LogP contribution < -0.4 is 0 Å². The number of hydrogen-bond donors (Lipinski definition) is 0. The molecule has 0 bridgehead atoms. The summed E-state index contributed by atoms with van der Waals surface area (Å²) in [5.74, 6) is 0. The standard InChI is InChI=1S/C20H15S4.CHF3O3S/c1-3-8-16(9-4-1)24(17-10-5-2-6-11-17)20-14-13-19(23-20)22-18-12-7-15-21-18;2-1(3,4)8(5,6)7/h1-15H;(H,5,6,7)/q+1;/p-1. The van der Waals surface area contributed by atoms with Crippen LogP contribution in [0.2, 0.25) is 0 Å². The average Bonchev–Trinajstić information content (AvgIpc) is 3.42. The molecule has 2 heterocycles. The van der Waals surface area contributed by atoms with Gasteiger partial charge in [0.1, 0.15) is 10.9 Å². The Hall–Kier alpha value is -1.76. The summed E-state index contributed by atoms with van der Waals surface area (Å²) >= 11 is 5.58. The number of rotatable bonds is 5. The molecule has 32 heavy (non-hydrogen) atoms. The molecule has 0 unspecified atom stereocenters. The van der Waals surface area contributed by atoms with Crippen LogP contribution in [-0.4, -0.2) is 18.5 Å². The van der Waals surface area contributed by atoms with Crippen molar-refractivity contribution in [3.8, 4) is 0 Å². The first-order valence-electron chi connectivity index (χ1n) is 8.83. The van der Waals surface area contributed by atoms with Gasteiger partial charge in [-0.2, -0.15) is 13.2 Å². The molecule has 0 atom stereocenters. The van der Waals surface area contributed by atoms with Gasteiger partial charge in [-0.25, -0.2) is 8.42 Å². The highest BCUT2D eigenvalue weighted by Gasteiger charge is 2.37. The van der Waals surface area contributed by atoms with Gasteiger partial charge >= 0.3 is 5.51 Å². The Morgan fingerprint density at radius 2 is 1.31 bits per heavy atom. The van der Waals surface area contributed by atoms with Crippen LogP contribution in [0.15, 0.2) is 113 Å². The molecule has 0 saturated heterocycles. The van der Waals surface area contributed by atoms with Gasteiger partial charge in [0.15, 0.2) is 19.9 Å². The summed E-state index contributed by atoms with van der Waals surface area (Å²) in [7, 11) is -6.12. The highest BCUT2D eigenvalue weighted by Crippen LogP contribution is 2.41. The molecule has 4 aromatic rings. The van der Waals surface area contributed by atoms with Crippen molar-refractivity contribution >= 4 is 55.4 Å². The maximum absolute atomic E-state index is 10.7. The van der Waals surface area contributed by atoms with E-state index in [0.717, 1.165) is 0 Å². The van der Waals surface area contributed by atoms with Crippen molar-refractivity contribution in [2.45, 2.75) is 27.9 Å². The molecule has 2 aromatic carbocycles. The molecule has 11 heteroatoms.